The lowest BCUT2D eigenvalue weighted by Crippen LogP contribution is -2.07. The number of benzene rings is 1. The average Bonchev–Trinajstić information content (AvgIpc) is 2.49. The van der Waals surface area contributed by atoms with Crippen LogP contribution in [0.25, 0.3) is 10.9 Å². The standard InChI is InChI=1S/C19H24N2/c1-14-8-9-17-13-15(2)19(21-18(17)12-14)20-11-10-16-6-4-3-5-7-16/h6,8-9,12-13H,3-5,7,10-11H2,1-2H3,(H,20,21). The molecule has 0 fully saturated rings. The summed E-state index contributed by atoms with van der Waals surface area (Å²) in [5.41, 5.74) is 5.18. The van der Waals surface area contributed by atoms with Gasteiger partial charge in [0.15, 0.2) is 0 Å². The molecule has 0 saturated heterocycles. The number of anilines is 1. The van der Waals surface area contributed by atoms with Crippen LogP contribution >= 0.6 is 0 Å². The fourth-order valence-electron chi connectivity index (χ4n) is 3.03. The number of pyridine rings is 1. The number of nitrogens with one attached hydrogen (secondary N) is 1. The maximum Gasteiger partial charge on any atom is 0.129 e. The first-order chi connectivity index (χ1) is 10.2. The van der Waals surface area contributed by atoms with Gasteiger partial charge in [-0.1, -0.05) is 23.8 Å². The smallest absolute Gasteiger partial charge is 0.129 e. The van der Waals surface area contributed by atoms with Crippen LogP contribution in [0.3, 0.4) is 0 Å². The molecule has 21 heavy (non-hydrogen) atoms. The van der Waals surface area contributed by atoms with Gasteiger partial charge in [-0.25, -0.2) is 4.98 Å². The van der Waals surface area contributed by atoms with E-state index in [0.717, 1.165) is 24.3 Å². The highest BCUT2D eigenvalue weighted by atomic mass is 15.0. The number of aryl methyl sites for hydroxylation is 2. The van der Waals surface area contributed by atoms with E-state index in [-0.39, 0.29) is 0 Å². The molecule has 1 aromatic heterocycles. The molecule has 0 saturated carbocycles. The van der Waals surface area contributed by atoms with Crippen LogP contribution in [-0.2, 0) is 0 Å². The normalized spacial score (nSPS) is 15.0. The summed E-state index contributed by atoms with van der Waals surface area (Å²) >= 11 is 0. The van der Waals surface area contributed by atoms with Crippen molar-refractivity contribution in [3.8, 4) is 0 Å². The number of nitrogens with zero attached hydrogens (tertiary/aromatic N) is 1. The zero-order chi connectivity index (χ0) is 14.7. The molecule has 3 rings (SSSR count). The van der Waals surface area contributed by atoms with Crippen molar-refractivity contribution in [3.05, 3.63) is 47.0 Å². The van der Waals surface area contributed by atoms with Gasteiger partial charge in [-0.2, -0.15) is 0 Å². The van der Waals surface area contributed by atoms with Crippen molar-refractivity contribution in [2.45, 2.75) is 46.0 Å². The SMILES string of the molecule is Cc1ccc2cc(C)c(NCCC3=CCCCC3)nc2c1. The highest BCUT2D eigenvalue weighted by Crippen LogP contribution is 2.22. The summed E-state index contributed by atoms with van der Waals surface area (Å²) in [5, 5.41) is 4.74. The Kier molecular flexibility index (Phi) is 4.23. The van der Waals surface area contributed by atoms with Crippen LogP contribution < -0.4 is 5.32 Å². The van der Waals surface area contributed by atoms with Crippen LogP contribution in [-0.4, -0.2) is 11.5 Å². The minimum Gasteiger partial charge on any atom is -0.370 e. The molecule has 0 aliphatic heterocycles. The minimum atomic E-state index is 0.983. The lowest BCUT2D eigenvalue weighted by Gasteiger charge is -2.14. The summed E-state index contributed by atoms with van der Waals surface area (Å²) in [6, 6.07) is 8.68. The van der Waals surface area contributed by atoms with Gasteiger partial charge in [0.1, 0.15) is 5.82 Å². The van der Waals surface area contributed by atoms with E-state index in [4.69, 9.17) is 4.98 Å². The van der Waals surface area contributed by atoms with E-state index in [1.54, 1.807) is 5.57 Å². The molecule has 1 aliphatic carbocycles. The van der Waals surface area contributed by atoms with Gasteiger partial charge < -0.3 is 5.32 Å². The van der Waals surface area contributed by atoms with Crippen molar-refractivity contribution >= 4 is 16.7 Å². The van der Waals surface area contributed by atoms with Gasteiger partial charge in [0.05, 0.1) is 5.52 Å². The molecular weight excluding hydrogens is 256 g/mol. The molecule has 0 atom stereocenters. The molecule has 0 unspecified atom stereocenters. The van der Waals surface area contributed by atoms with Crippen molar-refractivity contribution in [1.29, 1.82) is 0 Å². The molecule has 1 heterocycles. The highest BCUT2D eigenvalue weighted by Gasteiger charge is 2.06. The zero-order valence-electron chi connectivity index (χ0n) is 13.1. The van der Waals surface area contributed by atoms with Crippen molar-refractivity contribution in [2.75, 3.05) is 11.9 Å². The van der Waals surface area contributed by atoms with E-state index in [1.807, 2.05) is 0 Å². The summed E-state index contributed by atoms with van der Waals surface area (Å²) in [4.78, 5) is 4.79. The van der Waals surface area contributed by atoms with Crippen LogP contribution in [0.2, 0.25) is 0 Å². The first kappa shape index (κ1) is 14.1. The second-order valence-corrected chi connectivity index (χ2v) is 6.13. The predicted octanol–water partition coefficient (Wildman–Crippen LogP) is 5.15. The zero-order valence-corrected chi connectivity index (χ0v) is 13.1. The average molecular weight is 280 g/mol. The highest BCUT2D eigenvalue weighted by molar-refractivity contribution is 5.82. The van der Waals surface area contributed by atoms with Crippen molar-refractivity contribution in [2.24, 2.45) is 0 Å². The third-order valence-electron chi connectivity index (χ3n) is 4.29. The fourth-order valence-corrected chi connectivity index (χ4v) is 3.03. The maximum absolute atomic E-state index is 4.79. The van der Waals surface area contributed by atoms with E-state index in [2.05, 4.69) is 49.5 Å². The Bertz CT molecular complexity index is 671. The Morgan fingerprint density at radius 1 is 1.14 bits per heavy atom. The van der Waals surface area contributed by atoms with Gasteiger partial charge in [-0.05, 0) is 69.2 Å². The van der Waals surface area contributed by atoms with E-state index in [1.165, 1.54) is 42.2 Å². The quantitative estimate of drug-likeness (QED) is 0.783. The second-order valence-electron chi connectivity index (χ2n) is 6.13. The number of aromatic nitrogens is 1. The van der Waals surface area contributed by atoms with Crippen LogP contribution in [0.15, 0.2) is 35.9 Å². The lowest BCUT2D eigenvalue weighted by atomic mass is 9.97. The van der Waals surface area contributed by atoms with Gasteiger partial charge in [-0.3, -0.25) is 0 Å². The molecular formula is C19H24N2. The molecule has 1 aliphatic rings. The largest absolute Gasteiger partial charge is 0.370 e. The summed E-state index contributed by atoms with van der Waals surface area (Å²) in [5.74, 6) is 1.03. The molecule has 2 heteroatoms. The Balaban J connectivity index is 1.71. The van der Waals surface area contributed by atoms with Crippen molar-refractivity contribution in [3.63, 3.8) is 0 Å². The summed E-state index contributed by atoms with van der Waals surface area (Å²) in [6.45, 7) is 5.23. The third-order valence-corrected chi connectivity index (χ3v) is 4.29. The van der Waals surface area contributed by atoms with Gasteiger partial charge in [0.2, 0.25) is 0 Å². The minimum absolute atomic E-state index is 0.983. The van der Waals surface area contributed by atoms with Crippen molar-refractivity contribution in [1.82, 2.24) is 4.98 Å². The molecule has 110 valence electrons. The predicted molar refractivity (Wildman–Crippen MR) is 90.9 cm³/mol. The summed E-state index contributed by atoms with van der Waals surface area (Å²) < 4.78 is 0. The second kappa shape index (κ2) is 6.30. The first-order valence-electron chi connectivity index (χ1n) is 8.02. The molecule has 1 N–H and O–H groups in total. The van der Waals surface area contributed by atoms with E-state index < -0.39 is 0 Å². The van der Waals surface area contributed by atoms with E-state index in [9.17, 15) is 0 Å². The first-order valence-corrected chi connectivity index (χ1v) is 8.02. The van der Waals surface area contributed by atoms with Gasteiger partial charge >= 0.3 is 0 Å². The van der Waals surface area contributed by atoms with Crippen molar-refractivity contribution < 1.29 is 0 Å². The number of fused-ring (bicyclic) bond motifs is 1. The molecule has 2 aromatic rings. The fraction of sp³-hybridized carbons (Fsp3) is 0.421. The number of hydrogen-bond acceptors (Lipinski definition) is 2. The Hall–Kier alpha value is -1.83. The Labute approximate surface area is 127 Å². The van der Waals surface area contributed by atoms with Crippen LogP contribution in [0.5, 0.6) is 0 Å². The summed E-state index contributed by atoms with van der Waals surface area (Å²) in [6.07, 6.45) is 8.84. The Morgan fingerprint density at radius 2 is 2.05 bits per heavy atom. The van der Waals surface area contributed by atoms with Crippen LogP contribution in [0.4, 0.5) is 5.82 Å². The third kappa shape index (κ3) is 3.44. The topological polar surface area (TPSA) is 24.9 Å². The molecule has 2 nitrogen and oxygen atoms in total. The summed E-state index contributed by atoms with van der Waals surface area (Å²) in [7, 11) is 0. The number of rotatable bonds is 4. The molecule has 0 radical (unpaired) electrons. The monoisotopic (exact) mass is 280 g/mol. The maximum atomic E-state index is 4.79. The number of hydrogen-bond donors (Lipinski definition) is 1. The molecule has 1 aromatic carbocycles. The van der Waals surface area contributed by atoms with E-state index >= 15 is 0 Å². The van der Waals surface area contributed by atoms with Crippen LogP contribution in [0, 0.1) is 13.8 Å². The molecule has 0 amide bonds. The van der Waals surface area contributed by atoms with Crippen LogP contribution in [0.1, 0.15) is 43.2 Å². The van der Waals surface area contributed by atoms with Gasteiger partial charge in [-0.15, -0.1) is 0 Å². The van der Waals surface area contributed by atoms with Gasteiger partial charge in [0, 0.05) is 11.9 Å². The molecule has 0 bridgehead atoms. The van der Waals surface area contributed by atoms with Gasteiger partial charge in [0.25, 0.3) is 0 Å². The van der Waals surface area contributed by atoms with E-state index in [0.29, 0.717) is 0 Å². The lowest BCUT2D eigenvalue weighted by molar-refractivity contribution is 0.679. The number of allylic oxidation sites excluding steroid dienone is 1. The molecule has 0 spiro atoms. The Morgan fingerprint density at radius 3 is 2.86 bits per heavy atom.